The number of rotatable bonds is 2. The summed E-state index contributed by atoms with van der Waals surface area (Å²) >= 11 is 0. The maximum Gasteiger partial charge on any atom is 0.416 e. The average molecular weight is 506 g/mol. The highest BCUT2D eigenvalue weighted by molar-refractivity contribution is 5.54. The number of aromatic nitrogens is 1. The van der Waals surface area contributed by atoms with Crippen LogP contribution in [0, 0.1) is 11.2 Å². The molecule has 2 fully saturated rings. The Morgan fingerprint density at radius 3 is 2.39 bits per heavy atom. The molecule has 2 aromatic rings. The SMILES string of the molecule is CC(C)c1nc2c(c3c1[C@@H](c1ccc(C(F)(F)F)cc1F)OC31CCOCC1)C(O)CC1(CCC1)C2. The van der Waals surface area contributed by atoms with Crippen LogP contribution < -0.4 is 0 Å². The van der Waals surface area contributed by atoms with Crippen LogP contribution in [-0.4, -0.2) is 23.3 Å². The van der Waals surface area contributed by atoms with Gasteiger partial charge in [0.2, 0.25) is 0 Å². The first-order valence-electron chi connectivity index (χ1n) is 12.9. The van der Waals surface area contributed by atoms with Crippen molar-refractivity contribution in [2.24, 2.45) is 5.41 Å². The molecule has 4 aliphatic rings. The summed E-state index contributed by atoms with van der Waals surface area (Å²) < 4.78 is 67.4. The fourth-order valence-electron chi connectivity index (χ4n) is 6.92. The normalized spacial score (nSPS) is 26.2. The first kappa shape index (κ1) is 24.3. The summed E-state index contributed by atoms with van der Waals surface area (Å²) in [6.45, 7) is 4.94. The molecular formula is C28H31F4NO3. The van der Waals surface area contributed by atoms with Gasteiger partial charge in [0.15, 0.2) is 0 Å². The molecule has 6 rings (SSSR count). The lowest BCUT2D eigenvalue weighted by molar-refractivity contribution is -0.138. The molecule has 0 bridgehead atoms. The summed E-state index contributed by atoms with van der Waals surface area (Å²) in [7, 11) is 0. The lowest BCUT2D eigenvalue weighted by atomic mass is 9.58. The molecule has 1 aromatic heterocycles. The number of aliphatic hydroxyl groups excluding tert-OH is 1. The van der Waals surface area contributed by atoms with Gasteiger partial charge in [0.05, 0.1) is 17.3 Å². The van der Waals surface area contributed by atoms with Gasteiger partial charge in [0, 0.05) is 54.1 Å². The molecule has 2 aliphatic carbocycles. The lowest BCUT2D eigenvalue weighted by Gasteiger charge is -2.48. The number of hydrogen-bond donors (Lipinski definition) is 1. The van der Waals surface area contributed by atoms with E-state index >= 15 is 4.39 Å². The van der Waals surface area contributed by atoms with Gasteiger partial charge < -0.3 is 14.6 Å². The van der Waals surface area contributed by atoms with Crippen molar-refractivity contribution in [2.75, 3.05) is 13.2 Å². The van der Waals surface area contributed by atoms with Gasteiger partial charge in [-0.05, 0) is 54.7 Å². The van der Waals surface area contributed by atoms with Gasteiger partial charge in [0.1, 0.15) is 11.9 Å². The number of hydrogen-bond acceptors (Lipinski definition) is 4. The molecular weight excluding hydrogens is 474 g/mol. The quantitative estimate of drug-likeness (QED) is 0.465. The second-order valence-electron chi connectivity index (χ2n) is 11.4. The fraction of sp³-hybridized carbons (Fsp3) is 0.607. The van der Waals surface area contributed by atoms with Gasteiger partial charge in [-0.3, -0.25) is 4.98 Å². The summed E-state index contributed by atoms with van der Waals surface area (Å²) in [4.78, 5) is 5.08. The van der Waals surface area contributed by atoms with Gasteiger partial charge in [-0.2, -0.15) is 13.2 Å². The van der Waals surface area contributed by atoms with E-state index in [4.69, 9.17) is 14.5 Å². The molecule has 2 spiro atoms. The number of ether oxygens (including phenoxy) is 2. The minimum atomic E-state index is -4.64. The van der Waals surface area contributed by atoms with E-state index in [1.807, 2.05) is 13.8 Å². The highest BCUT2D eigenvalue weighted by Crippen LogP contribution is 2.60. The van der Waals surface area contributed by atoms with Crippen molar-refractivity contribution in [2.45, 2.75) is 88.7 Å². The molecule has 194 valence electrons. The van der Waals surface area contributed by atoms with Crippen LogP contribution in [0.25, 0.3) is 0 Å². The van der Waals surface area contributed by atoms with Crippen molar-refractivity contribution < 1.29 is 32.1 Å². The zero-order valence-corrected chi connectivity index (χ0v) is 20.6. The molecule has 1 N–H and O–H groups in total. The van der Waals surface area contributed by atoms with Crippen molar-refractivity contribution in [3.05, 3.63) is 63.2 Å². The van der Waals surface area contributed by atoms with E-state index in [0.29, 0.717) is 44.1 Å². The molecule has 3 heterocycles. The first-order chi connectivity index (χ1) is 17.0. The predicted octanol–water partition coefficient (Wildman–Crippen LogP) is 6.64. The van der Waals surface area contributed by atoms with Crippen LogP contribution in [0.15, 0.2) is 18.2 Å². The lowest BCUT2D eigenvalue weighted by Crippen LogP contribution is -2.40. The summed E-state index contributed by atoms with van der Waals surface area (Å²) in [5, 5.41) is 11.5. The standard InChI is InChI=1S/C28H31F4NO3/c1-15(2)24-22-23(21-19(33-24)13-26(6-3-7-26)14-20(21)34)27(8-10-35-11-9-27)36-25(22)17-5-4-16(12-18(17)29)28(30,31)32/h4-5,12,15,20,25,34H,3,6-11,13-14H2,1-2H3/t20?,25-/m1/s1. The zero-order valence-electron chi connectivity index (χ0n) is 20.6. The molecule has 1 saturated heterocycles. The third-order valence-electron chi connectivity index (χ3n) is 8.82. The number of pyridine rings is 1. The van der Waals surface area contributed by atoms with E-state index < -0.39 is 35.4 Å². The molecule has 1 unspecified atom stereocenters. The molecule has 4 nitrogen and oxygen atoms in total. The molecule has 2 atom stereocenters. The third kappa shape index (κ3) is 3.63. The Bertz CT molecular complexity index is 1200. The van der Waals surface area contributed by atoms with Crippen molar-refractivity contribution in [1.29, 1.82) is 0 Å². The van der Waals surface area contributed by atoms with Gasteiger partial charge in [0.25, 0.3) is 0 Å². The smallest absolute Gasteiger partial charge is 0.388 e. The Kier molecular flexibility index (Phi) is 5.56. The van der Waals surface area contributed by atoms with Crippen LogP contribution >= 0.6 is 0 Å². The Hall–Kier alpha value is -2.03. The summed E-state index contributed by atoms with van der Waals surface area (Å²) in [6.07, 6.45) is -0.389. The minimum absolute atomic E-state index is 0.0148. The molecule has 8 heteroatoms. The maximum atomic E-state index is 15.3. The van der Waals surface area contributed by atoms with Gasteiger partial charge in [-0.1, -0.05) is 26.3 Å². The highest BCUT2D eigenvalue weighted by Gasteiger charge is 2.54. The molecule has 0 amide bonds. The van der Waals surface area contributed by atoms with Crippen LogP contribution in [0.5, 0.6) is 0 Å². The first-order valence-corrected chi connectivity index (χ1v) is 12.9. The second-order valence-corrected chi connectivity index (χ2v) is 11.4. The Morgan fingerprint density at radius 2 is 1.81 bits per heavy atom. The van der Waals surface area contributed by atoms with Crippen molar-refractivity contribution >= 4 is 0 Å². The number of aliphatic hydroxyl groups is 1. The zero-order chi connectivity index (χ0) is 25.5. The predicted molar refractivity (Wildman–Crippen MR) is 124 cm³/mol. The number of halogens is 4. The maximum absolute atomic E-state index is 15.3. The molecule has 1 saturated carbocycles. The van der Waals surface area contributed by atoms with Gasteiger partial charge in [-0.25, -0.2) is 4.39 Å². The number of benzene rings is 1. The Labute approximate surface area is 208 Å². The van der Waals surface area contributed by atoms with E-state index in [1.54, 1.807) is 0 Å². The number of alkyl halides is 3. The number of nitrogens with zero attached hydrogens (tertiary/aromatic N) is 1. The summed E-state index contributed by atoms with van der Waals surface area (Å²) in [6, 6.07) is 2.64. The van der Waals surface area contributed by atoms with E-state index in [-0.39, 0.29) is 16.9 Å². The van der Waals surface area contributed by atoms with Crippen molar-refractivity contribution in [3.8, 4) is 0 Å². The van der Waals surface area contributed by atoms with Crippen LogP contribution in [0.1, 0.15) is 110 Å². The van der Waals surface area contributed by atoms with Crippen LogP contribution in [0.4, 0.5) is 17.6 Å². The van der Waals surface area contributed by atoms with Crippen LogP contribution in [-0.2, 0) is 27.7 Å². The van der Waals surface area contributed by atoms with Crippen molar-refractivity contribution in [1.82, 2.24) is 4.98 Å². The molecule has 0 radical (unpaired) electrons. The van der Waals surface area contributed by atoms with Crippen LogP contribution in [0.3, 0.4) is 0 Å². The topological polar surface area (TPSA) is 51.6 Å². The van der Waals surface area contributed by atoms with Crippen LogP contribution in [0.2, 0.25) is 0 Å². The Morgan fingerprint density at radius 1 is 1.08 bits per heavy atom. The molecule has 36 heavy (non-hydrogen) atoms. The minimum Gasteiger partial charge on any atom is -0.388 e. The van der Waals surface area contributed by atoms with E-state index in [9.17, 15) is 18.3 Å². The summed E-state index contributed by atoms with van der Waals surface area (Å²) in [5.41, 5.74) is 2.40. The fourth-order valence-corrected chi connectivity index (χ4v) is 6.92. The third-order valence-corrected chi connectivity index (χ3v) is 8.82. The second kappa shape index (κ2) is 8.23. The monoisotopic (exact) mass is 505 g/mol. The van der Waals surface area contributed by atoms with E-state index in [2.05, 4.69) is 0 Å². The molecule has 1 aromatic carbocycles. The van der Waals surface area contributed by atoms with E-state index in [0.717, 1.165) is 54.3 Å². The Balaban J connectivity index is 1.57. The average Bonchev–Trinajstić information content (AvgIpc) is 3.10. The molecule has 2 aliphatic heterocycles. The van der Waals surface area contributed by atoms with Gasteiger partial charge in [-0.15, -0.1) is 0 Å². The van der Waals surface area contributed by atoms with Gasteiger partial charge >= 0.3 is 6.18 Å². The number of fused-ring (bicyclic) bond motifs is 4. The summed E-state index contributed by atoms with van der Waals surface area (Å²) in [5.74, 6) is -0.967. The van der Waals surface area contributed by atoms with E-state index in [1.165, 1.54) is 6.07 Å². The largest absolute Gasteiger partial charge is 0.416 e. The highest BCUT2D eigenvalue weighted by atomic mass is 19.4. The van der Waals surface area contributed by atoms with Crippen molar-refractivity contribution in [3.63, 3.8) is 0 Å².